The Morgan fingerprint density at radius 3 is 2.55 bits per heavy atom. The zero-order valence-electron chi connectivity index (χ0n) is 7.21. The molecule has 0 radical (unpaired) electrons. The van der Waals surface area contributed by atoms with E-state index < -0.39 is 0 Å². The van der Waals surface area contributed by atoms with E-state index in [0.29, 0.717) is 24.2 Å². The van der Waals surface area contributed by atoms with Crippen LogP contribution in [0.25, 0.3) is 0 Å². The average molecular weight is 270 g/mol. The molecule has 2 unspecified atom stereocenters. The molecule has 1 saturated heterocycles. The van der Waals surface area contributed by atoms with Crippen molar-refractivity contribution in [2.24, 2.45) is 5.92 Å². The van der Waals surface area contributed by atoms with Crippen molar-refractivity contribution in [2.75, 3.05) is 0 Å². The summed E-state index contributed by atoms with van der Waals surface area (Å²) in [5.41, 5.74) is 0. The highest BCUT2D eigenvalue weighted by Gasteiger charge is 2.35. The summed E-state index contributed by atoms with van der Waals surface area (Å²) in [6, 6.07) is 0. The van der Waals surface area contributed by atoms with E-state index in [1.807, 2.05) is 23.0 Å². The minimum atomic E-state index is 0.293. The van der Waals surface area contributed by atoms with Crippen molar-refractivity contribution in [3.8, 4) is 0 Å². The van der Waals surface area contributed by atoms with Gasteiger partial charge in [0.25, 0.3) is 0 Å². The van der Waals surface area contributed by atoms with Crippen molar-refractivity contribution in [2.45, 2.75) is 45.5 Å². The van der Waals surface area contributed by atoms with Crippen LogP contribution < -0.4 is 0 Å². The summed E-state index contributed by atoms with van der Waals surface area (Å²) < 4.78 is 11.0. The van der Waals surface area contributed by atoms with E-state index in [0.717, 1.165) is 6.42 Å². The number of ether oxygens (including phenoxy) is 1. The Labute approximate surface area is 82.3 Å². The second kappa shape index (κ2) is 4.05. The van der Waals surface area contributed by atoms with Gasteiger partial charge in [-0.25, -0.2) is 0 Å². The molecule has 1 heterocycles. The van der Waals surface area contributed by atoms with Crippen molar-refractivity contribution in [3.63, 3.8) is 0 Å². The lowest BCUT2D eigenvalue weighted by Crippen LogP contribution is -2.26. The molecule has 0 bridgehead atoms. The lowest BCUT2D eigenvalue weighted by Gasteiger charge is -2.19. The van der Waals surface area contributed by atoms with Gasteiger partial charge in [0.05, 0.1) is 18.3 Å². The smallest absolute Gasteiger partial charge is 0.110 e. The van der Waals surface area contributed by atoms with E-state index in [-0.39, 0.29) is 0 Å². The van der Waals surface area contributed by atoms with Crippen LogP contribution in [0, 0.1) is 5.92 Å². The molecule has 0 aliphatic carbocycles. The summed E-state index contributed by atoms with van der Waals surface area (Å²) in [5, 5.41) is 0. The Kier molecular flexibility index (Phi) is 3.58. The van der Waals surface area contributed by atoms with Gasteiger partial charge in [0.2, 0.25) is 0 Å². The van der Waals surface area contributed by atoms with E-state index in [1.54, 1.807) is 0 Å². The Morgan fingerprint density at radius 2 is 2.18 bits per heavy atom. The first-order valence-corrected chi connectivity index (χ1v) is 4.96. The molecular formula is C8H15IO2. The summed E-state index contributed by atoms with van der Waals surface area (Å²) in [5.74, 6) is 0.555. The van der Waals surface area contributed by atoms with Crippen molar-refractivity contribution in [1.29, 1.82) is 0 Å². The van der Waals surface area contributed by atoms with E-state index >= 15 is 0 Å². The predicted molar refractivity (Wildman–Crippen MR) is 52.7 cm³/mol. The van der Waals surface area contributed by atoms with Gasteiger partial charge < -0.3 is 7.80 Å². The number of halogens is 1. The SMILES string of the molecule is CC1CC(OI)[C@@H](C(C)C)O1. The second-order valence-electron chi connectivity index (χ2n) is 3.52. The van der Waals surface area contributed by atoms with Crippen LogP contribution in [-0.4, -0.2) is 18.3 Å². The minimum Gasteiger partial charge on any atom is -0.372 e. The van der Waals surface area contributed by atoms with Gasteiger partial charge in [-0.05, 0) is 12.8 Å². The van der Waals surface area contributed by atoms with Gasteiger partial charge >= 0.3 is 0 Å². The molecule has 0 spiro atoms. The van der Waals surface area contributed by atoms with Crippen LogP contribution in [0.4, 0.5) is 0 Å². The third kappa shape index (κ3) is 2.29. The van der Waals surface area contributed by atoms with Crippen molar-refractivity contribution < 1.29 is 7.80 Å². The fraction of sp³-hybridized carbons (Fsp3) is 1.00. The molecule has 0 saturated carbocycles. The van der Waals surface area contributed by atoms with Gasteiger partial charge in [0.15, 0.2) is 0 Å². The summed E-state index contributed by atoms with van der Waals surface area (Å²) in [6.45, 7) is 6.45. The van der Waals surface area contributed by atoms with E-state index in [9.17, 15) is 0 Å². The van der Waals surface area contributed by atoms with Crippen molar-refractivity contribution in [3.05, 3.63) is 0 Å². The molecule has 11 heavy (non-hydrogen) atoms. The molecule has 0 aromatic carbocycles. The van der Waals surface area contributed by atoms with Gasteiger partial charge in [0, 0.05) is 6.42 Å². The fourth-order valence-corrected chi connectivity index (χ4v) is 2.04. The zero-order chi connectivity index (χ0) is 8.43. The van der Waals surface area contributed by atoms with Crippen LogP contribution in [0.1, 0.15) is 27.2 Å². The van der Waals surface area contributed by atoms with E-state index in [4.69, 9.17) is 7.80 Å². The highest BCUT2D eigenvalue weighted by Crippen LogP contribution is 2.29. The van der Waals surface area contributed by atoms with Crippen LogP contribution in [0.2, 0.25) is 0 Å². The monoisotopic (exact) mass is 270 g/mol. The van der Waals surface area contributed by atoms with Crippen molar-refractivity contribution in [1.82, 2.24) is 0 Å². The highest BCUT2D eigenvalue weighted by molar-refractivity contribution is 14.1. The largest absolute Gasteiger partial charge is 0.372 e. The Bertz CT molecular complexity index is 127. The molecule has 3 heteroatoms. The van der Waals surface area contributed by atoms with Gasteiger partial charge in [-0.2, -0.15) is 0 Å². The molecule has 1 fully saturated rings. The number of hydrogen-bond donors (Lipinski definition) is 0. The first-order valence-electron chi connectivity index (χ1n) is 4.08. The third-order valence-electron chi connectivity index (χ3n) is 2.09. The Morgan fingerprint density at radius 1 is 1.55 bits per heavy atom. The van der Waals surface area contributed by atoms with Crippen LogP contribution in [-0.2, 0) is 7.80 Å². The first-order chi connectivity index (χ1) is 5.15. The summed E-state index contributed by atoms with van der Waals surface area (Å²) in [6.07, 6.45) is 1.99. The molecule has 1 rings (SSSR count). The minimum absolute atomic E-state index is 0.293. The molecule has 3 atom stereocenters. The van der Waals surface area contributed by atoms with Crippen LogP contribution in [0.15, 0.2) is 0 Å². The lowest BCUT2D eigenvalue weighted by atomic mass is 10.0. The maximum absolute atomic E-state index is 5.70. The maximum atomic E-state index is 5.70. The Balaban J connectivity index is 2.50. The van der Waals surface area contributed by atoms with Gasteiger partial charge in [-0.3, -0.25) is 0 Å². The Hall–Kier alpha value is 0.650. The highest BCUT2D eigenvalue weighted by atomic mass is 127. The predicted octanol–water partition coefficient (Wildman–Crippen LogP) is 2.56. The topological polar surface area (TPSA) is 18.5 Å². The molecule has 1 aliphatic heterocycles. The van der Waals surface area contributed by atoms with Crippen LogP contribution >= 0.6 is 23.0 Å². The molecule has 0 aromatic heterocycles. The molecule has 1 aliphatic rings. The standard InChI is InChI=1S/C8H15IO2/c1-5(2)8-7(11-9)4-6(3)10-8/h5-8H,4H2,1-3H3/t6?,7?,8-/m1/s1. The van der Waals surface area contributed by atoms with E-state index in [2.05, 4.69) is 20.8 Å². The quantitative estimate of drug-likeness (QED) is 0.718. The normalized spacial score (nSPS) is 38.5. The molecule has 66 valence electrons. The molecule has 2 nitrogen and oxygen atoms in total. The zero-order valence-corrected chi connectivity index (χ0v) is 9.37. The summed E-state index contributed by atoms with van der Waals surface area (Å²) in [4.78, 5) is 0. The third-order valence-corrected chi connectivity index (χ3v) is 2.74. The fourth-order valence-electron chi connectivity index (χ4n) is 1.55. The second-order valence-corrected chi connectivity index (χ2v) is 4.03. The van der Waals surface area contributed by atoms with E-state index in [1.165, 1.54) is 0 Å². The molecule has 0 N–H and O–H groups in total. The number of hydrogen-bond acceptors (Lipinski definition) is 2. The van der Waals surface area contributed by atoms with Gasteiger partial charge in [-0.1, -0.05) is 13.8 Å². The van der Waals surface area contributed by atoms with Crippen LogP contribution in [0.3, 0.4) is 0 Å². The first kappa shape index (κ1) is 9.74. The van der Waals surface area contributed by atoms with Crippen molar-refractivity contribution >= 4 is 23.0 Å². The molecular weight excluding hydrogens is 255 g/mol. The van der Waals surface area contributed by atoms with Gasteiger partial charge in [-0.15, -0.1) is 0 Å². The maximum Gasteiger partial charge on any atom is 0.110 e. The molecule has 0 amide bonds. The molecule has 0 aromatic rings. The summed E-state index contributed by atoms with van der Waals surface area (Å²) >= 11 is 1.97. The summed E-state index contributed by atoms with van der Waals surface area (Å²) in [7, 11) is 0. The van der Waals surface area contributed by atoms with Gasteiger partial charge in [0.1, 0.15) is 23.0 Å². The lowest BCUT2D eigenvalue weighted by molar-refractivity contribution is 0.00402. The average Bonchev–Trinajstić information content (AvgIpc) is 2.30. The number of rotatable bonds is 2. The van der Waals surface area contributed by atoms with Crippen LogP contribution in [0.5, 0.6) is 0 Å².